The zero-order valence-electron chi connectivity index (χ0n) is 15.9. The summed E-state index contributed by atoms with van der Waals surface area (Å²) in [6.45, 7) is 14.0. The van der Waals surface area contributed by atoms with Crippen LogP contribution in [-0.4, -0.2) is 11.6 Å². The number of halogens is 3. The van der Waals surface area contributed by atoms with Crippen LogP contribution in [0.25, 0.3) is 0 Å². The second kappa shape index (κ2) is 12.2. The van der Waals surface area contributed by atoms with Gasteiger partial charge >= 0.3 is 0 Å². The Bertz CT molecular complexity index is 203. The Morgan fingerprint density at radius 3 is 1.14 bits per heavy atom. The quantitative estimate of drug-likeness (QED) is 0.426. The van der Waals surface area contributed by atoms with E-state index in [-0.39, 0.29) is 12.8 Å². The average molecular weight is 325 g/mol. The van der Waals surface area contributed by atoms with Gasteiger partial charge in [-0.1, -0.05) is 41.5 Å². The van der Waals surface area contributed by atoms with Gasteiger partial charge in [-0.15, -0.1) is 0 Å². The van der Waals surface area contributed by atoms with Gasteiger partial charge in [0.2, 0.25) is 5.92 Å². The lowest BCUT2D eigenvalue weighted by molar-refractivity contribution is -0.0438. The monoisotopic (exact) mass is 324 g/mol. The Kier molecular flexibility index (Phi) is 13.4. The molecule has 3 heteroatoms. The fourth-order valence-corrected chi connectivity index (χ4v) is 2.55. The highest BCUT2D eigenvalue weighted by Gasteiger charge is 2.33. The van der Waals surface area contributed by atoms with Crippen LogP contribution in [0.5, 0.6) is 0 Å². The molecule has 0 radical (unpaired) electrons. The van der Waals surface area contributed by atoms with Crippen molar-refractivity contribution in [1.82, 2.24) is 0 Å². The molecule has 0 atom stereocenters. The van der Waals surface area contributed by atoms with Crippen LogP contribution in [0.1, 0.15) is 99.8 Å². The van der Waals surface area contributed by atoms with Gasteiger partial charge in [-0.25, -0.2) is 13.2 Å². The molecule has 2 fully saturated rings. The second-order valence-electron chi connectivity index (χ2n) is 6.63. The summed E-state index contributed by atoms with van der Waals surface area (Å²) in [5, 5.41) is 0. The normalized spacial score (nSPS) is 30.5. The van der Waals surface area contributed by atoms with Crippen molar-refractivity contribution in [2.75, 3.05) is 0 Å². The van der Waals surface area contributed by atoms with Gasteiger partial charge in [0.1, 0.15) is 5.67 Å². The summed E-state index contributed by atoms with van der Waals surface area (Å²) >= 11 is 0. The van der Waals surface area contributed by atoms with E-state index in [1.54, 1.807) is 6.92 Å². The van der Waals surface area contributed by atoms with Crippen LogP contribution in [0.4, 0.5) is 13.2 Å². The minimum Gasteiger partial charge on any atom is -0.244 e. The van der Waals surface area contributed by atoms with E-state index in [2.05, 4.69) is 6.92 Å². The van der Waals surface area contributed by atoms with Crippen molar-refractivity contribution in [3.05, 3.63) is 0 Å². The molecule has 0 N–H and O–H groups in total. The Hall–Kier alpha value is -0.210. The van der Waals surface area contributed by atoms with E-state index in [1.165, 1.54) is 0 Å². The molecule has 0 saturated heterocycles. The fraction of sp³-hybridized carbons (Fsp3) is 1.00. The molecule has 0 unspecified atom stereocenters. The Morgan fingerprint density at radius 1 is 0.636 bits per heavy atom. The van der Waals surface area contributed by atoms with Crippen LogP contribution in [0.2, 0.25) is 0 Å². The van der Waals surface area contributed by atoms with Crippen molar-refractivity contribution in [1.29, 1.82) is 0 Å². The summed E-state index contributed by atoms with van der Waals surface area (Å²) in [5.41, 5.74) is -0.841. The first kappa shape index (κ1) is 24.0. The zero-order valence-corrected chi connectivity index (χ0v) is 15.9. The summed E-state index contributed by atoms with van der Waals surface area (Å²) in [6, 6.07) is 0. The standard InChI is InChI=1S/C8H15F.C7H12F2.2C2H6/c1-7-3-5-8(2,9)6-4-7;1-6-2-4-7(8,9)5-3-6;2*1-2/h7H,3-6H2,1-2H3;6H,2-5H2,1H3;2*1-2H3. The molecule has 0 spiro atoms. The first-order valence-electron chi connectivity index (χ1n) is 9.27. The third-order valence-electron chi connectivity index (χ3n) is 4.32. The van der Waals surface area contributed by atoms with Crippen molar-refractivity contribution < 1.29 is 13.2 Å². The molecular weight excluding hydrogens is 285 g/mol. The molecule has 2 saturated carbocycles. The Labute approximate surface area is 137 Å². The molecule has 0 aromatic heterocycles. The van der Waals surface area contributed by atoms with E-state index >= 15 is 0 Å². The van der Waals surface area contributed by atoms with E-state index in [1.807, 2.05) is 34.6 Å². The van der Waals surface area contributed by atoms with Gasteiger partial charge in [0.05, 0.1) is 0 Å². The maximum atomic E-state index is 13.0. The molecule has 0 aromatic carbocycles. The van der Waals surface area contributed by atoms with E-state index in [0.29, 0.717) is 18.8 Å². The molecule has 2 rings (SSSR count). The number of rotatable bonds is 0. The highest BCUT2D eigenvalue weighted by molar-refractivity contribution is 4.80. The van der Waals surface area contributed by atoms with Crippen molar-refractivity contribution >= 4 is 0 Å². The lowest BCUT2D eigenvalue weighted by atomic mass is 9.82. The first-order chi connectivity index (χ1) is 10.2. The SMILES string of the molecule is CC.CC.CC1CCC(C)(F)CC1.CC1CCC(F)(F)CC1. The average Bonchev–Trinajstić information content (AvgIpc) is 2.50. The van der Waals surface area contributed by atoms with E-state index in [9.17, 15) is 13.2 Å². The maximum absolute atomic E-state index is 13.0. The van der Waals surface area contributed by atoms with Crippen LogP contribution in [-0.2, 0) is 0 Å². The molecular formula is C19H39F3. The molecule has 0 bridgehead atoms. The second-order valence-corrected chi connectivity index (χ2v) is 6.63. The highest BCUT2D eigenvalue weighted by Crippen LogP contribution is 2.35. The number of hydrogen-bond donors (Lipinski definition) is 0. The molecule has 0 heterocycles. The molecule has 0 aliphatic heterocycles. The maximum Gasteiger partial charge on any atom is 0.248 e. The highest BCUT2D eigenvalue weighted by atomic mass is 19.3. The fourth-order valence-electron chi connectivity index (χ4n) is 2.55. The van der Waals surface area contributed by atoms with Gasteiger partial charge in [-0.05, 0) is 57.3 Å². The summed E-state index contributed by atoms with van der Waals surface area (Å²) in [6.07, 6.45) is 5.31. The number of hydrogen-bond acceptors (Lipinski definition) is 0. The molecule has 0 aromatic rings. The van der Waals surface area contributed by atoms with Crippen molar-refractivity contribution in [3.63, 3.8) is 0 Å². The Balaban J connectivity index is 0. The summed E-state index contributed by atoms with van der Waals surface area (Å²) in [7, 11) is 0. The predicted octanol–water partition coefficient (Wildman–Crippen LogP) is 7.81. The predicted molar refractivity (Wildman–Crippen MR) is 92.4 cm³/mol. The molecule has 136 valence electrons. The van der Waals surface area contributed by atoms with Crippen LogP contribution in [0.3, 0.4) is 0 Å². The lowest BCUT2D eigenvalue weighted by Gasteiger charge is -2.28. The minimum atomic E-state index is -2.34. The van der Waals surface area contributed by atoms with Gasteiger partial charge in [0, 0.05) is 12.8 Å². The molecule has 0 amide bonds. The number of alkyl halides is 3. The van der Waals surface area contributed by atoms with Gasteiger partial charge in [0.25, 0.3) is 0 Å². The summed E-state index contributed by atoms with van der Waals surface area (Å²) < 4.78 is 37.8. The molecule has 22 heavy (non-hydrogen) atoms. The molecule has 2 aliphatic rings. The van der Waals surface area contributed by atoms with Crippen LogP contribution in [0.15, 0.2) is 0 Å². The van der Waals surface area contributed by atoms with Crippen LogP contribution < -0.4 is 0 Å². The first-order valence-corrected chi connectivity index (χ1v) is 9.27. The van der Waals surface area contributed by atoms with Gasteiger partial charge in [0.15, 0.2) is 0 Å². The smallest absolute Gasteiger partial charge is 0.244 e. The van der Waals surface area contributed by atoms with E-state index < -0.39 is 11.6 Å². The van der Waals surface area contributed by atoms with Crippen molar-refractivity contribution in [3.8, 4) is 0 Å². The lowest BCUT2D eigenvalue weighted by Crippen LogP contribution is -2.24. The van der Waals surface area contributed by atoms with Crippen molar-refractivity contribution in [2.24, 2.45) is 11.8 Å². The minimum absolute atomic E-state index is 0.105. The zero-order chi connectivity index (χ0) is 17.8. The molecule has 0 nitrogen and oxygen atoms in total. The third-order valence-corrected chi connectivity index (χ3v) is 4.32. The van der Waals surface area contributed by atoms with E-state index in [0.717, 1.165) is 31.6 Å². The third kappa shape index (κ3) is 12.3. The van der Waals surface area contributed by atoms with Crippen molar-refractivity contribution in [2.45, 2.75) is 111 Å². The Morgan fingerprint density at radius 2 is 0.909 bits per heavy atom. The van der Waals surface area contributed by atoms with Crippen LogP contribution >= 0.6 is 0 Å². The largest absolute Gasteiger partial charge is 0.248 e. The van der Waals surface area contributed by atoms with E-state index in [4.69, 9.17) is 0 Å². The van der Waals surface area contributed by atoms with Gasteiger partial charge < -0.3 is 0 Å². The van der Waals surface area contributed by atoms with Crippen LogP contribution in [0, 0.1) is 11.8 Å². The molecule has 2 aliphatic carbocycles. The van der Waals surface area contributed by atoms with Gasteiger partial charge in [-0.2, -0.15) is 0 Å². The van der Waals surface area contributed by atoms with Gasteiger partial charge in [-0.3, -0.25) is 0 Å². The summed E-state index contributed by atoms with van der Waals surface area (Å²) in [5.74, 6) is -1.06. The topological polar surface area (TPSA) is 0 Å². The summed E-state index contributed by atoms with van der Waals surface area (Å²) in [4.78, 5) is 0.